The summed E-state index contributed by atoms with van der Waals surface area (Å²) in [5, 5.41) is 3.04. The van der Waals surface area contributed by atoms with E-state index in [0.29, 0.717) is 6.61 Å². The van der Waals surface area contributed by atoms with Gasteiger partial charge in [-0.1, -0.05) is 35.9 Å². The molecule has 0 aliphatic rings. The molecule has 0 N–H and O–H groups in total. The Balaban J connectivity index is 2.58. The first kappa shape index (κ1) is 9.50. The zero-order valence-corrected chi connectivity index (χ0v) is 8.71. The normalized spacial score (nSPS) is 10.7. The Labute approximate surface area is 88.3 Å². The minimum atomic E-state index is 0.626. The summed E-state index contributed by atoms with van der Waals surface area (Å²) in [6.07, 6.45) is 0. The van der Waals surface area contributed by atoms with Gasteiger partial charge in [-0.05, 0) is 23.1 Å². The van der Waals surface area contributed by atoms with Gasteiger partial charge in [0.1, 0.15) is 0 Å². The van der Waals surface area contributed by atoms with Gasteiger partial charge in [0.05, 0.1) is 6.61 Å². The van der Waals surface area contributed by atoms with Crippen molar-refractivity contribution in [3.63, 3.8) is 0 Å². The minimum absolute atomic E-state index is 0.626. The second kappa shape index (κ2) is 3.99. The Hall–Kier alpha value is -1.05. The van der Waals surface area contributed by atoms with Crippen LogP contribution in [0, 0.1) is 0 Å². The maximum atomic E-state index is 6.09. The van der Waals surface area contributed by atoms with Gasteiger partial charge < -0.3 is 4.74 Å². The molecule has 0 radical (unpaired) electrons. The number of hydrogen-bond acceptors (Lipinski definition) is 1. The Morgan fingerprint density at radius 2 is 2.07 bits per heavy atom. The third-order valence-electron chi connectivity index (χ3n) is 2.20. The van der Waals surface area contributed by atoms with Gasteiger partial charge in [-0.2, -0.15) is 0 Å². The highest BCUT2D eigenvalue weighted by Gasteiger charge is 1.99. The van der Waals surface area contributed by atoms with E-state index in [1.807, 2.05) is 12.1 Å². The SMILES string of the molecule is COCc1ccc2cccc(Cl)c2c1. The van der Waals surface area contributed by atoms with Crippen molar-refractivity contribution >= 4 is 22.4 Å². The second-order valence-electron chi connectivity index (χ2n) is 3.23. The largest absolute Gasteiger partial charge is 0.380 e. The van der Waals surface area contributed by atoms with Gasteiger partial charge in [-0.15, -0.1) is 0 Å². The third-order valence-corrected chi connectivity index (χ3v) is 2.53. The Bertz CT molecular complexity index is 451. The monoisotopic (exact) mass is 206 g/mol. The molecule has 0 amide bonds. The maximum absolute atomic E-state index is 6.09. The summed E-state index contributed by atoms with van der Waals surface area (Å²) in [7, 11) is 1.69. The van der Waals surface area contributed by atoms with E-state index in [0.717, 1.165) is 21.4 Å². The Morgan fingerprint density at radius 1 is 1.21 bits per heavy atom. The summed E-state index contributed by atoms with van der Waals surface area (Å²) >= 11 is 6.09. The lowest BCUT2D eigenvalue weighted by atomic mass is 10.1. The maximum Gasteiger partial charge on any atom is 0.0713 e. The average Bonchev–Trinajstić information content (AvgIpc) is 2.20. The van der Waals surface area contributed by atoms with Gasteiger partial charge in [0.2, 0.25) is 0 Å². The standard InChI is InChI=1S/C12H11ClO/c1-14-8-9-5-6-10-3-2-4-12(13)11(10)7-9/h2-7H,8H2,1H3. The van der Waals surface area contributed by atoms with Crippen molar-refractivity contribution in [1.29, 1.82) is 0 Å². The smallest absolute Gasteiger partial charge is 0.0713 e. The van der Waals surface area contributed by atoms with Crippen LogP contribution in [0.2, 0.25) is 5.02 Å². The lowest BCUT2D eigenvalue weighted by molar-refractivity contribution is 0.185. The van der Waals surface area contributed by atoms with E-state index in [1.54, 1.807) is 7.11 Å². The molecule has 1 nitrogen and oxygen atoms in total. The number of hydrogen-bond donors (Lipinski definition) is 0. The fraction of sp³-hybridized carbons (Fsp3) is 0.167. The Kier molecular flexibility index (Phi) is 2.71. The van der Waals surface area contributed by atoms with Crippen LogP contribution in [0.4, 0.5) is 0 Å². The van der Waals surface area contributed by atoms with Crippen LogP contribution in [0.15, 0.2) is 36.4 Å². The zero-order chi connectivity index (χ0) is 9.97. The van der Waals surface area contributed by atoms with Gasteiger partial charge in [0, 0.05) is 17.5 Å². The van der Waals surface area contributed by atoms with E-state index in [2.05, 4.69) is 24.3 Å². The first-order valence-corrected chi connectivity index (χ1v) is 4.85. The molecule has 0 heterocycles. The summed E-state index contributed by atoms with van der Waals surface area (Å²) < 4.78 is 5.07. The van der Waals surface area contributed by atoms with Crippen LogP contribution < -0.4 is 0 Å². The lowest BCUT2D eigenvalue weighted by Gasteiger charge is -2.03. The molecule has 0 atom stereocenters. The molecule has 2 heteroatoms. The molecule has 14 heavy (non-hydrogen) atoms. The fourth-order valence-electron chi connectivity index (χ4n) is 1.54. The predicted octanol–water partition coefficient (Wildman–Crippen LogP) is 3.64. The summed E-state index contributed by atoms with van der Waals surface area (Å²) in [6, 6.07) is 12.1. The third kappa shape index (κ3) is 1.74. The topological polar surface area (TPSA) is 9.23 Å². The van der Waals surface area contributed by atoms with Crippen molar-refractivity contribution in [1.82, 2.24) is 0 Å². The average molecular weight is 207 g/mol. The van der Waals surface area contributed by atoms with Crippen molar-refractivity contribution in [2.24, 2.45) is 0 Å². The summed E-state index contributed by atoms with van der Waals surface area (Å²) in [5.41, 5.74) is 1.15. The molecule has 0 unspecified atom stereocenters. The summed E-state index contributed by atoms with van der Waals surface area (Å²) in [5.74, 6) is 0. The molecule has 0 aliphatic heterocycles. The molecular formula is C12H11ClO. The highest BCUT2D eigenvalue weighted by Crippen LogP contribution is 2.24. The molecule has 0 fully saturated rings. The van der Waals surface area contributed by atoms with Crippen molar-refractivity contribution in [3.8, 4) is 0 Å². The first-order valence-electron chi connectivity index (χ1n) is 4.47. The highest BCUT2D eigenvalue weighted by molar-refractivity contribution is 6.35. The van der Waals surface area contributed by atoms with Crippen LogP contribution in [0.3, 0.4) is 0 Å². The molecule has 0 bridgehead atoms. The zero-order valence-electron chi connectivity index (χ0n) is 7.96. The number of rotatable bonds is 2. The number of fused-ring (bicyclic) bond motifs is 1. The van der Waals surface area contributed by atoms with Crippen LogP contribution in [-0.2, 0) is 11.3 Å². The van der Waals surface area contributed by atoms with Crippen LogP contribution in [-0.4, -0.2) is 7.11 Å². The number of ether oxygens (including phenoxy) is 1. The predicted molar refractivity (Wildman–Crippen MR) is 59.7 cm³/mol. The van der Waals surface area contributed by atoms with Gasteiger partial charge in [-0.3, -0.25) is 0 Å². The fourth-order valence-corrected chi connectivity index (χ4v) is 1.77. The van der Waals surface area contributed by atoms with Gasteiger partial charge in [0.25, 0.3) is 0 Å². The van der Waals surface area contributed by atoms with Crippen molar-refractivity contribution < 1.29 is 4.74 Å². The molecule has 2 aromatic carbocycles. The number of benzene rings is 2. The molecule has 2 rings (SSSR count). The second-order valence-corrected chi connectivity index (χ2v) is 3.64. The van der Waals surface area contributed by atoms with Crippen molar-refractivity contribution in [2.45, 2.75) is 6.61 Å². The number of methoxy groups -OCH3 is 1. The molecule has 0 saturated heterocycles. The van der Waals surface area contributed by atoms with Crippen molar-refractivity contribution in [3.05, 3.63) is 47.0 Å². The van der Waals surface area contributed by atoms with E-state index in [-0.39, 0.29) is 0 Å². The van der Waals surface area contributed by atoms with Gasteiger partial charge in [-0.25, -0.2) is 0 Å². The van der Waals surface area contributed by atoms with Crippen LogP contribution in [0.25, 0.3) is 10.8 Å². The number of halogens is 1. The highest BCUT2D eigenvalue weighted by atomic mass is 35.5. The molecular weight excluding hydrogens is 196 g/mol. The van der Waals surface area contributed by atoms with E-state index in [1.165, 1.54) is 0 Å². The molecule has 0 saturated carbocycles. The first-order chi connectivity index (χ1) is 6.81. The lowest BCUT2D eigenvalue weighted by Crippen LogP contribution is -1.87. The molecule has 0 aromatic heterocycles. The van der Waals surface area contributed by atoms with Crippen LogP contribution in [0.5, 0.6) is 0 Å². The van der Waals surface area contributed by atoms with Crippen LogP contribution in [0.1, 0.15) is 5.56 Å². The quantitative estimate of drug-likeness (QED) is 0.729. The van der Waals surface area contributed by atoms with Crippen LogP contribution >= 0.6 is 11.6 Å². The minimum Gasteiger partial charge on any atom is -0.380 e. The van der Waals surface area contributed by atoms with E-state index in [4.69, 9.17) is 16.3 Å². The van der Waals surface area contributed by atoms with E-state index >= 15 is 0 Å². The molecule has 0 aliphatic carbocycles. The Morgan fingerprint density at radius 3 is 2.86 bits per heavy atom. The molecule has 2 aromatic rings. The summed E-state index contributed by atoms with van der Waals surface area (Å²) in [4.78, 5) is 0. The van der Waals surface area contributed by atoms with Gasteiger partial charge in [0.15, 0.2) is 0 Å². The van der Waals surface area contributed by atoms with E-state index in [9.17, 15) is 0 Å². The summed E-state index contributed by atoms with van der Waals surface area (Å²) in [6.45, 7) is 0.626. The van der Waals surface area contributed by atoms with Gasteiger partial charge >= 0.3 is 0 Å². The molecule has 0 spiro atoms. The molecule has 72 valence electrons. The van der Waals surface area contributed by atoms with E-state index < -0.39 is 0 Å². The van der Waals surface area contributed by atoms with Crippen molar-refractivity contribution in [2.75, 3.05) is 7.11 Å².